The van der Waals surface area contributed by atoms with Crippen molar-refractivity contribution < 1.29 is 15.0 Å². The lowest BCUT2D eigenvalue weighted by molar-refractivity contribution is 0.111. The maximum Gasteiger partial charge on any atom is 0.154 e. The van der Waals surface area contributed by atoms with E-state index in [0.29, 0.717) is 24.9 Å². The van der Waals surface area contributed by atoms with E-state index in [2.05, 4.69) is 9.88 Å². The standard InChI is InChI=1S/C22H27N3O3S.C2H6/c1-16-6-5-11-23-12-21(28)20(15-26)19(22(16)25(3)29-4)14-24(2)13-17-7-9-18(27)10-8-17;1-2/h5-12,15,27-28H,13-14H2,1-4H3;1-2H3. The summed E-state index contributed by atoms with van der Waals surface area (Å²) in [5.74, 6) is 0.0545. The second-order valence-electron chi connectivity index (χ2n) is 6.73. The number of hydrogen-bond donors (Lipinski definition) is 2. The van der Waals surface area contributed by atoms with Crippen molar-refractivity contribution in [1.29, 1.82) is 0 Å². The Bertz CT molecular complexity index is 903. The van der Waals surface area contributed by atoms with Gasteiger partial charge >= 0.3 is 0 Å². The lowest BCUT2D eigenvalue weighted by Gasteiger charge is -2.25. The Balaban J connectivity index is 0.00000233. The molecular weight excluding hydrogens is 410 g/mol. The van der Waals surface area contributed by atoms with Crippen molar-refractivity contribution in [2.75, 3.05) is 24.7 Å². The Morgan fingerprint density at radius 2 is 1.71 bits per heavy atom. The van der Waals surface area contributed by atoms with Crippen molar-refractivity contribution in [2.45, 2.75) is 33.9 Å². The molecule has 0 radical (unpaired) electrons. The molecule has 0 saturated heterocycles. The van der Waals surface area contributed by atoms with Gasteiger partial charge in [-0.15, -0.1) is 0 Å². The largest absolute Gasteiger partial charge is 0.508 e. The molecule has 0 amide bonds. The van der Waals surface area contributed by atoms with Gasteiger partial charge in [0.2, 0.25) is 0 Å². The summed E-state index contributed by atoms with van der Waals surface area (Å²) in [6.45, 7) is 7.02. The minimum Gasteiger partial charge on any atom is -0.508 e. The molecule has 168 valence electrons. The smallest absolute Gasteiger partial charge is 0.154 e. The molecule has 1 aromatic heterocycles. The number of phenols is 1. The Kier molecular flexibility index (Phi) is 11.5. The third-order valence-electron chi connectivity index (χ3n) is 4.50. The molecule has 1 aromatic carbocycles. The number of nitrogens with zero attached hydrogens (tertiary/aromatic N) is 3. The molecule has 31 heavy (non-hydrogen) atoms. The number of carbonyl (C=O) groups excluding carboxylic acids is 1. The van der Waals surface area contributed by atoms with Crippen LogP contribution in [0.15, 0.2) is 48.8 Å². The number of rotatable bonds is 7. The highest BCUT2D eigenvalue weighted by Crippen LogP contribution is 2.32. The lowest BCUT2D eigenvalue weighted by atomic mass is 10.0. The molecule has 0 aliphatic heterocycles. The molecule has 0 aliphatic rings. The van der Waals surface area contributed by atoms with Crippen LogP contribution in [0.5, 0.6) is 11.5 Å². The van der Waals surface area contributed by atoms with Crippen LogP contribution in [0.4, 0.5) is 5.69 Å². The van der Waals surface area contributed by atoms with Crippen LogP contribution >= 0.6 is 11.9 Å². The summed E-state index contributed by atoms with van der Waals surface area (Å²) in [7, 11) is 3.88. The average Bonchev–Trinajstić information content (AvgIpc) is 2.76. The molecule has 0 spiro atoms. The average molecular weight is 444 g/mol. The first-order valence-electron chi connectivity index (χ1n) is 10.1. The van der Waals surface area contributed by atoms with Crippen molar-refractivity contribution in [3.8, 4) is 11.5 Å². The fourth-order valence-corrected chi connectivity index (χ4v) is 3.52. The third kappa shape index (κ3) is 7.77. The van der Waals surface area contributed by atoms with Gasteiger partial charge in [-0.2, -0.15) is 0 Å². The Morgan fingerprint density at radius 3 is 2.29 bits per heavy atom. The molecule has 0 saturated carbocycles. The number of aromatic hydroxyl groups is 2. The molecule has 1 heterocycles. The normalized spacial score (nSPS) is 10.0. The first kappa shape index (κ1) is 26.3. The van der Waals surface area contributed by atoms with Crippen LogP contribution in [0.25, 0.3) is 0 Å². The molecule has 0 aliphatic carbocycles. The molecule has 2 N–H and O–H groups in total. The summed E-state index contributed by atoms with van der Waals surface area (Å²) in [5.41, 5.74) is 3.78. The summed E-state index contributed by atoms with van der Waals surface area (Å²) >= 11 is 1.52. The minimum absolute atomic E-state index is 0.167. The first-order valence-corrected chi connectivity index (χ1v) is 11.3. The van der Waals surface area contributed by atoms with Crippen LogP contribution in [-0.4, -0.2) is 46.7 Å². The van der Waals surface area contributed by atoms with E-state index >= 15 is 0 Å². The number of benzene rings is 1. The number of aryl methyl sites for hydroxylation is 1. The van der Waals surface area contributed by atoms with Crippen molar-refractivity contribution >= 4 is 23.9 Å². The van der Waals surface area contributed by atoms with Crippen LogP contribution in [-0.2, 0) is 13.1 Å². The zero-order valence-corrected chi connectivity index (χ0v) is 20.0. The highest BCUT2D eigenvalue weighted by Gasteiger charge is 2.17. The maximum atomic E-state index is 12.0. The monoisotopic (exact) mass is 443 g/mol. The van der Waals surface area contributed by atoms with Gasteiger partial charge in [0.25, 0.3) is 0 Å². The van der Waals surface area contributed by atoms with E-state index in [1.165, 1.54) is 18.1 Å². The molecule has 6 nitrogen and oxygen atoms in total. The van der Waals surface area contributed by atoms with Crippen LogP contribution in [0, 0.1) is 6.92 Å². The predicted molar refractivity (Wildman–Crippen MR) is 130 cm³/mol. The number of phenolic OH excluding ortho intramolecular Hbond substituents is 1. The molecule has 0 fully saturated rings. The lowest BCUT2D eigenvalue weighted by Crippen LogP contribution is -2.20. The molecule has 0 unspecified atom stereocenters. The van der Waals surface area contributed by atoms with E-state index < -0.39 is 0 Å². The van der Waals surface area contributed by atoms with Crippen molar-refractivity contribution in [3.05, 3.63) is 71.0 Å². The number of carbonyl (C=O) groups is 1. The summed E-state index contributed by atoms with van der Waals surface area (Å²) < 4.78 is 1.99. The summed E-state index contributed by atoms with van der Waals surface area (Å²) in [6.07, 6.45) is 5.49. The van der Waals surface area contributed by atoms with Crippen LogP contribution in [0.3, 0.4) is 0 Å². The molecular formula is C24H33N3O3S. The van der Waals surface area contributed by atoms with Gasteiger partial charge < -0.3 is 14.5 Å². The zero-order valence-electron chi connectivity index (χ0n) is 19.2. The molecule has 0 bridgehead atoms. The molecule has 7 heteroatoms. The second-order valence-corrected chi connectivity index (χ2v) is 7.64. The van der Waals surface area contributed by atoms with E-state index in [0.717, 1.165) is 16.8 Å². The topological polar surface area (TPSA) is 76.9 Å². The highest BCUT2D eigenvalue weighted by molar-refractivity contribution is 7.99. The Hall–Kier alpha value is -2.77. The first-order chi connectivity index (χ1) is 14.9. The minimum atomic E-state index is -0.167. The highest BCUT2D eigenvalue weighted by atomic mass is 32.2. The third-order valence-corrected chi connectivity index (χ3v) is 5.23. The van der Waals surface area contributed by atoms with E-state index in [-0.39, 0.29) is 17.1 Å². The maximum absolute atomic E-state index is 12.0. The van der Waals surface area contributed by atoms with Gasteiger partial charge in [0.15, 0.2) is 6.29 Å². The van der Waals surface area contributed by atoms with Gasteiger partial charge in [-0.25, -0.2) is 0 Å². The van der Waals surface area contributed by atoms with Gasteiger partial charge in [-0.05, 0) is 43.3 Å². The van der Waals surface area contributed by atoms with E-state index in [4.69, 9.17) is 0 Å². The van der Waals surface area contributed by atoms with Crippen LogP contribution in [0.2, 0.25) is 0 Å². The van der Waals surface area contributed by atoms with Crippen molar-refractivity contribution in [2.24, 2.45) is 0 Å². The molecule has 0 atom stereocenters. The van der Waals surface area contributed by atoms with Gasteiger partial charge in [0.1, 0.15) is 11.5 Å². The number of aromatic nitrogens is 1. The van der Waals surface area contributed by atoms with E-state index in [1.807, 2.05) is 63.6 Å². The summed E-state index contributed by atoms with van der Waals surface area (Å²) in [4.78, 5) is 18.0. The Labute approximate surface area is 190 Å². The summed E-state index contributed by atoms with van der Waals surface area (Å²) in [6, 6.07) is 10.8. The second kappa shape index (κ2) is 13.5. The van der Waals surface area contributed by atoms with Crippen molar-refractivity contribution in [1.82, 2.24) is 9.88 Å². The zero-order chi connectivity index (χ0) is 23.4. The molecule has 2 rings (SSSR count). The van der Waals surface area contributed by atoms with Gasteiger partial charge in [-0.1, -0.05) is 44.0 Å². The quantitative estimate of drug-likeness (QED) is 0.455. The Morgan fingerprint density at radius 1 is 1.06 bits per heavy atom. The van der Waals surface area contributed by atoms with Crippen LogP contribution < -0.4 is 4.31 Å². The van der Waals surface area contributed by atoms with Crippen molar-refractivity contribution in [3.63, 3.8) is 0 Å². The summed E-state index contributed by atoms with van der Waals surface area (Å²) in [5, 5.41) is 20.0. The van der Waals surface area contributed by atoms with Crippen LogP contribution in [0.1, 0.15) is 40.9 Å². The number of anilines is 1. The molecule has 2 aromatic rings. The fraction of sp³-hybridized carbons (Fsp3) is 0.333. The number of hydrogen-bond acceptors (Lipinski definition) is 7. The van der Waals surface area contributed by atoms with Gasteiger partial charge in [-0.3, -0.25) is 14.7 Å². The number of aldehydes is 1. The predicted octanol–water partition coefficient (Wildman–Crippen LogP) is 5.11. The fourth-order valence-electron chi connectivity index (χ4n) is 3.08. The van der Waals surface area contributed by atoms with Gasteiger partial charge in [0.05, 0.1) is 17.4 Å². The van der Waals surface area contributed by atoms with E-state index in [1.54, 1.807) is 24.4 Å². The van der Waals surface area contributed by atoms with Gasteiger partial charge in [0, 0.05) is 38.2 Å². The SMILES string of the molecule is CC.CSN(C)c1c(C)cccncc(O)c(C=O)c1CN(C)Cc1ccc(O)cc1. The van der Waals surface area contributed by atoms with E-state index in [9.17, 15) is 15.0 Å².